The molecule has 1 fully saturated rings. The molecule has 1 aliphatic heterocycles. The molecule has 1 atom stereocenters. The molecule has 0 aromatic carbocycles. The van der Waals surface area contributed by atoms with Gasteiger partial charge in [-0.2, -0.15) is 0 Å². The quantitative estimate of drug-likeness (QED) is 0.507. The molecule has 1 rings (SSSR count). The number of hydrogen-bond donors (Lipinski definition) is 1. The fourth-order valence-corrected chi connectivity index (χ4v) is 3.24. The van der Waals surface area contributed by atoms with Crippen LogP contribution < -0.4 is 5.32 Å². The standard InChI is InChI=1S/C11H24NO5P/c1-3-16-18(13,17-4-2)8-5-12-9-11-10-14-6-7-15-11/h11-12H,3-10H2,1-2H3. The minimum atomic E-state index is -2.92. The van der Waals surface area contributed by atoms with Gasteiger partial charge in [-0.1, -0.05) is 0 Å². The van der Waals surface area contributed by atoms with Crippen molar-refractivity contribution in [2.24, 2.45) is 0 Å². The number of nitrogens with one attached hydrogen (secondary N) is 1. The van der Waals surface area contributed by atoms with E-state index in [9.17, 15) is 4.57 Å². The lowest BCUT2D eigenvalue weighted by Gasteiger charge is -2.23. The molecule has 0 aliphatic carbocycles. The first-order valence-electron chi connectivity index (χ1n) is 6.48. The largest absolute Gasteiger partial charge is 0.376 e. The molecule has 0 aromatic heterocycles. The Kier molecular flexibility index (Phi) is 8.06. The molecule has 0 saturated carbocycles. The highest BCUT2D eigenvalue weighted by Gasteiger charge is 2.23. The monoisotopic (exact) mass is 281 g/mol. The minimum Gasteiger partial charge on any atom is -0.376 e. The summed E-state index contributed by atoms with van der Waals surface area (Å²) in [5.41, 5.74) is 0. The van der Waals surface area contributed by atoms with Gasteiger partial charge < -0.3 is 23.8 Å². The molecular weight excluding hydrogens is 257 g/mol. The summed E-state index contributed by atoms with van der Waals surface area (Å²) < 4.78 is 33.3. The molecule has 0 aromatic rings. The second kappa shape index (κ2) is 9.02. The van der Waals surface area contributed by atoms with Gasteiger partial charge in [0.2, 0.25) is 0 Å². The van der Waals surface area contributed by atoms with Crippen molar-refractivity contribution in [1.82, 2.24) is 5.32 Å². The van der Waals surface area contributed by atoms with E-state index >= 15 is 0 Å². The summed E-state index contributed by atoms with van der Waals surface area (Å²) >= 11 is 0. The Bertz CT molecular complexity index is 248. The van der Waals surface area contributed by atoms with Gasteiger partial charge in [0.1, 0.15) is 0 Å². The number of hydrogen-bond acceptors (Lipinski definition) is 6. The van der Waals surface area contributed by atoms with Gasteiger partial charge in [-0.05, 0) is 13.8 Å². The predicted molar refractivity (Wildman–Crippen MR) is 69.2 cm³/mol. The fraction of sp³-hybridized carbons (Fsp3) is 1.00. The van der Waals surface area contributed by atoms with E-state index in [0.29, 0.717) is 52.3 Å². The Morgan fingerprint density at radius 1 is 1.28 bits per heavy atom. The van der Waals surface area contributed by atoms with Crippen LogP contribution in [0.4, 0.5) is 0 Å². The predicted octanol–water partition coefficient (Wildman–Crippen LogP) is 1.26. The van der Waals surface area contributed by atoms with Gasteiger partial charge in [-0.15, -0.1) is 0 Å². The molecule has 1 aliphatic rings. The van der Waals surface area contributed by atoms with Crippen LogP contribution in [-0.2, 0) is 23.1 Å². The molecule has 1 N–H and O–H groups in total. The highest BCUT2D eigenvalue weighted by Crippen LogP contribution is 2.47. The van der Waals surface area contributed by atoms with Gasteiger partial charge in [-0.3, -0.25) is 4.57 Å². The molecule has 0 amide bonds. The van der Waals surface area contributed by atoms with E-state index in [4.69, 9.17) is 18.5 Å². The second-order valence-corrected chi connectivity index (χ2v) is 6.13. The molecule has 1 heterocycles. The number of ether oxygens (including phenoxy) is 2. The van der Waals surface area contributed by atoms with Crippen LogP contribution in [0.2, 0.25) is 0 Å². The smallest absolute Gasteiger partial charge is 0.331 e. The summed E-state index contributed by atoms with van der Waals surface area (Å²) in [6.45, 7) is 7.62. The average molecular weight is 281 g/mol. The normalized spacial score (nSPS) is 21.1. The molecule has 6 nitrogen and oxygen atoms in total. The zero-order valence-corrected chi connectivity index (χ0v) is 12.1. The summed E-state index contributed by atoms with van der Waals surface area (Å²) in [5.74, 6) is 0. The third kappa shape index (κ3) is 6.27. The summed E-state index contributed by atoms with van der Waals surface area (Å²) in [6.07, 6.45) is 0.458. The van der Waals surface area contributed by atoms with Crippen LogP contribution in [-0.4, -0.2) is 58.4 Å². The van der Waals surface area contributed by atoms with E-state index in [-0.39, 0.29) is 6.10 Å². The van der Waals surface area contributed by atoms with Crippen molar-refractivity contribution in [3.05, 3.63) is 0 Å². The second-order valence-electron chi connectivity index (χ2n) is 3.94. The Morgan fingerprint density at radius 3 is 2.56 bits per heavy atom. The van der Waals surface area contributed by atoms with Crippen LogP contribution in [0.5, 0.6) is 0 Å². The molecule has 18 heavy (non-hydrogen) atoms. The summed E-state index contributed by atoms with van der Waals surface area (Å²) in [5, 5.41) is 3.19. The lowest BCUT2D eigenvalue weighted by Crippen LogP contribution is -2.38. The van der Waals surface area contributed by atoms with E-state index in [1.165, 1.54) is 0 Å². The molecule has 0 spiro atoms. The number of rotatable bonds is 9. The minimum absolute atomic E-state index is 0.0809. The van der Waals surface area contributed by atoms with Crippen molar-refractivity contribution in [3.63, 3.8) is 0 Å². The van der Waals surface area contributed by atoms with E-state index in [2.05, 4.69) is 5.32 Å². The van der Waals surface area contributed by atoms with Gasteiger partial charge >= 0.3 is 7.60 Å². The van der Waals surface area contributed by atoms with Crippen molar-refractivity contribution in [1.29, 1.82) is 0 Å². The molecule has 1 saturated heterocycles. The van der Waals surface area contributed by atoms with Crippen LogP contribution in [0, 0.1) is 0 Å². The summed E-state index contributed by atoms with van der Waals surface area (Å²) in [6, 6.07) is 0. The Labute approximate surface area is 109 Å². The zero-order valence-electron chi connectivity index (χ0n) is 11.2. The van der Waals surface area contributed by atoms with Gasteiger partial charge in [0.25, 0.3) is 0 Å². The van der Waals surface area contributed by atoms with Gasteiger partial charge in [-0.25, -0.2) is 0 Å². The Hall–Kier alpha value is 0.0300. The van der Waals surface area contributed by atoms with E-state index in [1.807, 2.05) is 13.8 Å². The van der Waals surface area contributed by atoms with Crippen LogP contribution in [0.1, 0.15) is 13.8 Å². The molecule has 1 unspecified atom stereocenters. The van der Waals surface area contributed by atoms with E-state index in [1.54, 1.807) is 0 Å². The summed E-state index contributed by atoms with van der Waals surface area (Å²) in [4.78, 5) is 0. The Balaban J connectivity index is 2.15. The topological polar surface area (TPSA) is 66.0 Å². The maximum Gasteiger partial charge on any atom is 0.331 e. The molecular formula is C11H24NO5P. The first kappa shape index (κ1) is 16.1. The van der Waals surface area contributed by atoms with Crippen LogP contribution in [0.25, 0.3) is 0 Å². The molecule has 0 bridgehead atoms. The first-order valence-corrected chi connectivity index (χ1v) is 8.21. The van der Waals surface area contributed by atoms with Crippen LogP contribution in [0.3, 0.4) is 0 Å². The first-order chi connectivity index (χ1) is 8.70. The maximum absolute atomic E-state index is 12.1. The maximum atomic E-state index is 12.1. The third-order valence-electron chi connectivity index (χ3n) is 2.47. The summed E-state index contributed by atoms with van der Waals surface area (Å²) in [7, 11) is -2.92. The molecule has 7 heteroatoms. The van der Waals surface area contributed by atoms with Crippen LogP contribution >= 0.6 is 7.60 Å². The van der Waals surface area contributed by atoms with Crippen molar-refractivity contribution < 1.29 is 23.1 Å². The highest BCUT2D eigenvalue weighted by molar-refractivity contribution is 7.53. The van der Waals surface area contributed by atoms with E-state index < -0.39 is 7.60 Å². The van der Waals surface area contributed by atoms with Gasteiger partial charge in [0.05, 0.1) is 45.3 Å². The average Bonchev–Trinajstić information content (AvgIpc) is 2.37. The molecule has 0 radical (unpaired) electrons. The lowest BCUT2D eigenvalue weighted by molar-refractivity contribution is -0.0862. The van der Waals surface area contributed by atoms with Crippen LogP contribution in [0.15, 0.2) is 0 Å². The SMILES string of the molecule is CCOP(=O)(CCNCC1COCCO1)OCC. The Morgan fingerprint density at radius 2 is 2.00 bits per heavy atom. The van der Waals surface area contributed by atoms with Crippen molar-refractivity contribution in [3.8, 4) is 0 Å². The zero-order chi connectivity index (χ0) is 13.3. The van der Waals surface area contributed by atoms with Gasteiger partial charge in [0.15, 0.2) is 0 Å². The van der Waals surface area contributed by atoms with Crippen molar-refractivity contribution in [2.45, 2.75) is 20.0 Å². The lowest BCUT2D eigenvalue weighted by atomic mass is 10.3. The van der Waals surface area contributed by atoms with Crippen molar-refractivity contribution >= 4 is 7.60 Å². The van der Waals surface area contributed by atoms with Crippen molar-refractivity contribution in [2.75, 3.05) is 52.3 Å². The fourth-order valence-electron chi connectivity index (χ4n) is 1.69. The van der Waals surface area contributed by atoms with E-state index in [0.717, 1.165) is 0 Å². The molecule has 108 valence electrons. The van der Waals surface area contributed by atoms with Gasteiger partial charge in [0, 0.05) is 13.1 Å². The highest BCUT2D eigenvalue weighted by atomic mass is 31.2. The third-order valence-corrected chi connectivity index (χ3v) is 4.55.